The number of nitrogens with one attached hydrogen (secondary N) is 2. The zero-order valence-electron chi connectivity index (χ0n) is 16.0. The number of carbonyl (C=O) groups excluding carboxylic acids is 2. The Hall–Kier alpha value is -2.12. The molecular weight excluding hydrogens is 344 g/mol. The fourth-order valence-electron chi connectivity index (χ4n) is 3.68. The smallest absolute Gasteiger partial charge is 0.315 e. The van der Waals surface area contributed by atoms with Crippen molar-refractivity contribution in [1.29, 1.82) is 0 Å². The molecule has 1 aromatic carbocycles. The summed E-state index contributed by atoms with van der Waals surface area (Å²) in [5.41, 5.74) is 1.86. The molecule has 2 aliphatic heterocycles. The van der Waals surface area contributed by atoms with Crippen molar-refractivity contribution in [3.8, 4) is 0 Å². The third-order valence-corrected chi connectivity index (χ3v) is 5.38. The lowest BCUT2D eigenvalue weighted by Crippen LogP contribution is -2.49. The van der Waals surface area contributed by atoms with Crippen LogP contribution in [0.2, 0.25) is 0 Å². The third kappa shape index (κ3) is 5.68. The molecule has 27 heavy (non-hydrogen) atoms. The number of carbonyl (C=O) groups is 2. The minimum Gasteiger partial charge on any atom is -0.392 e. The Bertz CT molecular complexity index is 641. The fraction of sp³-hybridized carbons (Fsp3) is 0.600. The molecule has 0 aliphatic carbocycles. The van der Waals surface area contributed by atoms with Crippen LogP contribution in [-0.2, 0) is 0 Å². The van der Waals surface area contributed by atoms with E-state index in [2.05, 4.69) is 15.5 Å². The SMILES string of the molecule is Cc1ccc(C(=O)N2CCC(NC(=O)NCCN3CC[C@@H](O)C3)CC2)cc1. The van der Waals surface area contributed by atoms with Gasteiger partial charge < -0.3 is 20.6 Å². The number of aryl methyl sites for hydroxylation is 1. The molecule has 1 aromatic rings. The second kappa shape index (κ2) is 9.19. The molecule has 0 spiro atoms. The quantitative estimate of drug-likeness (QED) is 0.717. The lowest BCUT2D eigenvalue weighted by Gasteiger charge is -2.32. The topological polar surface area (TPSA) is 84.9 Å². The summed E-state index contributed by atoms with van der Waals surface area (Å²) in [5.74, 6) is 0.0608. The summed E-state index contributed by atoms with van der Waals surface area (Å²) in [5, 5.41) is 15.4. The van der Waals surface area contributed by atoms with Gasteiger partial charge in [0.25, 0.3) is 5.91 Å². The number of likely N-dealkylation sites (tertiary alicyclic amines) is 2. The number of hydrogen-bond donors (Lipinski definition) is 3. The summed E-state index contributed by atoms with van der Waals surface area (Å²) in [6.45, 7) is 6.23. The second-order valence-corrected chi connectivity index (χ2v) is 7.58. The second-order valence-electron chi connectivity index (χ2n) is 7.58. The minimum absolute atomic E-state index is 0.0608. The van der Waals surface area contributed by atoms with Gasteiger partial charge in [-0.15, -0.1) is 0 Å². The Kier molecular flexibility index (Phi) is 6.68. The first-order chi connectivity index (χ1) is 13.0. The first kappa shape index (κ1) is 19.6. The molecule has 148 valence electrons. The maximum atomic E-state index is 12.5. The lowest BCUT2D eigenvalue weighted by atomic mass is 10.0. The van der Waals surface area contributed by atoms with Crippen LogP contribution < -0.4 is 10.6 Å². The van der Waals surface area contributed by atoms with Crippen molar-refractivity contribution in [2.45, 2.75) is 38.3 Å². The molecule has 7 nitrogen and oxygen atoms in total. The molecule has 2 saturated heterocycles. The van der Waals surface area contributed by atoms with Crippen LogP contribution in [0.5, 0.6) is 0 Å². The van der Waals surface area contributed by atoms with Gasteiger partial charge in [-0.3, -0.25) is 9.69 Å². The zero-order valence-corrected chi connectivity index (χ0v) is 16.0. The van der Waals surface area contributed by atoms with Gasteiger partial charge in [0.05, 0.1) is 6.10 Å². The Balaban J connectivity index is 1.34. The summed E-state index contributed by atoms with van der Waals surface area (Å²) in [6.07, 6.45) is 2.12. The van der Waals surface area contributed by atoms with E-state index in [0.29, 0.717) is 26.2 Å². The molecule has 0 radical (unpaired) electrons. The molecule has 2 aliphatic rings. The zero-order chi connectivity index (χ0) is 19.2. The van der Waals surface area contributed by atoms with Crippen molar-refractivity contribution >= 4 is 11.9 Å². The molecule has 1 atom stereocenters. The summed E-state index contributed by atoms with van der Waals surface area (Å²) in [7, 11) is 0. The minimum atomic E-state index is -0.230. The molecule has 0 saturated carbocycles. The number of nitrogens with zero attached hydrogens (tertiary/aromatic N) is 2. The molecule has 3 N–H and O–H groups in total. The van der Waals surface area contributed by atoms with Gasteiger partial charge in [-0.2, -0.15) is 0 Å². The highest BCUT2D eigenvalue weighted by Crippen LogP contribution is 2.14. The molecular formula is C20H30N4O3. The van der Waals surface area contributed by atoms with E-state index >= 15 is 0 Å². The average Bonchev–Trinajstić information content (AvgIpc) is 3.07. The Morgan fingerprint density at radius 1 is 1.11 bits per heavy atom. The van der Waals surface area contributed by atoms with Crippen LogP contribution in [0.1, 0.15) is 35.2 Å². The van der Waals surface area contributed by atoms with E-state index in [0.717, 1.165) is 43.5 Å². The van der Waals surface area contributed by atoms with E-state index in [9.17, 15) is 14.7 Å². The van der Waals surface area contributed by atoms with E-state index in [-0.39, 0.29) is 24.1 Å². The molecule has 7 heteroatoms. The number of benzene rings is 1. The van der Waals surface area contributed by atoms with Crippen molar-refractivity contribution in [3.63, 3.8) is 0 Å². The number of rotatable bonds is 5. The Morgan fingerprint density at radius 2 is 1.81 bits per heavy atom. The Labute approximate surface area is 160 Å². The molecule has 2 fully saturated rings. The number of amides is 3. The van der Waals surface area contributed by atoms with Gasteiger partial charge in [-0.25, -0.2) is 4.79 Å². The van der Waals surface area contributed by atoms with Crippen LogP contribution in [0.15, 0.2) is 24.3 Å². The van der Waals surface area contributed by atoms with Gasteiger partial charge in [0.15, 0.2) is 0 Å². The van der Waals surface area contributed by atoms with Crippen LogP contribution in [0.25, 0.3) is 0 Å². The highest BCUT2D eigenvalue weighted by Gasteiger charge is 2.25. The summed E-state index contributed by atoms with van der Waals surface area (Å²) in [4.78, 5) is 28.6. The van der Waals surface area contributed by atoms with Crippen LogP contribution in [0.4, 0.5) is 4.79 Å². The maximum Gasteiger partial charge on any atom is 0.315 e. The van der Waals surface area contributed by atoms with Gasteiger partial charge in [0, 0.05) is 50.9 Å². The number of β-amino-alcohol motifs (C(OH)–C–C–N with tert-alkyl or cyclic N) is 1. The molecule has 2 heterocycles. The van der Waals surface area contributed by atoms with Crippen LogP contribution in [0.3, 0.4) is 0 Å². The van der Waals surface area contributed by atoms with E-state index < -0.39 is 0 Å². The van der Waals surface area contributed by atoms with Gasteiger partial charge in [0.2, 0.25) is 0 Å². The van der Waals surface area contributed by atoms with Crippen molar-refractivity contribution in [2.24, 2.45) is 0 Å². The van der Waals surface area contributed by atoms with E-state index in [1.807, 2.05) is 36.1 Å². The fourth-order valence-corrected chi connectivity index (χ4v) is 3.68. The monoisotopic (exact) mass is 374 g/mol. The van der Waals surface area contributed by atoms with Crippen LogP contribution >= 0.6 is 0 Å². The average molecular weight is 374 g/mol. The van der Waals surface area contributed by atoms with E-state index in [4.69, 9.17) is 0 Å². The molecule has 3 amide bonds. The maximum absolute atomic E-state index is 12.5. The highest BCUT2D eigenvalue weighted by atomic mass is 16.3. The number of hydrogen-bond acceptors (Lipinski definition) is 4. The van der Waals surface area contributed by atoms with Crippen molar-refractivity contribution in [3.05, 3.63) is 35.4 Å². The normalized spacial score (nSPS) is 21.3. The lowest BCUT2D eigenvalue weighted by molar-refractivity contribution is 0.0708. The van der Waals surface area contributed by atoms with Crippen molar-refractivity contribution in [2.75, 3.05) is 39.3 Å². The standard InChI is InChI=1S/C20H30N4O3/c1-15-2-4-16(5-3-15)19(26)24-11-6-17(7-12-24)22-20(27)21-9-13-23-10-8-18(25)14-23/h2-5,17-18,25H,6-14H2,1H3,(H2,21,22,27)/t18-/m1/s1. The van der Waals surface area contributed by atoms with Gasteiger partial charge >= 0.3 is 6.03 Å². The van der Waals surface area contributed by atoms with Crippen LogP contribution in [-0.4, -0.2) is 78.3 Å². The number of aliphatic hydroxyl groups excluding tert-OH is 1. The van der Waals surface area contributed by atoms with Crippen molar-refractivity contribution in [1.82, 2.24) is 20.4 Å². The first-order valence-electron chi connectivity index (χ1n) is 9.82. The predicted octanol–water partition coefficient (Wildman–Crippen LogP) is 0.965. The molecule has 0 bridgehead atoms. The summed E-state index contributed by atoms with van der Waals surface area (Å²) < 4.78 is 0. The van der Waals surface area contributed by atoms with E-state index in [1.165, 1.54) is 0 Å². The highest BCUT2D eigenvalue weighted by molar-refractivity contribution is 5.94. The van der Waals surface area contributed by atoms with Crippen LogP contribution in [0, 0.1) is 6.92 Å². The number of aliphatic hydroxyl groups is 1. The van der Waals surface area contributed by atoms with Gasteiger partial charge in [0.1, 0.15) is 0 Å². The summed E-state index contributed by atoms with van der Waals surface area (Å²) in [6, 6.07) is 7.59. The number of urea groups is 1. The largest absolute Gasteiger partial charge is 0.392 e. The third-order valence-electron chi connectivity index (χ3n) is 5.38. The van der Waals surface area contributed by atoms with E-state index in [1.54, 1.807) is 0 Å². The molecule has 3 rings (SSSR count). The van der Waals surface area contributed by atoms with Crippen molar-refractivity contribution < 1.29 is 14.7 Å². The molecule has 0 aromatic heterocycles. The predicted molar refractivity (Wildman–Crippen MR) is 104 cm³/mol. The first-order valence-corrected chi connectivity index (χ1v) is 9.82. The molecule has 0 unspecified atom stereocenters. The Morgan fingerprint density at radius 3 is 2.44 bits per heavy atom. The van der Waals surface area contributed by atoms with Gasteiger partial charge in [-0.05, 0) is 38.3 Å². The summed E-state index contributed by atoms with van der Waals surface area (Å²) >= 11 is 0. The number of piperidine rings is 1. The van der Waals surface area contributed by atoms with Gasteiger partial charge in [-0.1, -0.05) is 17.7 Å².